The Balaban J connectivity index is 2.86. The molecule has 0 amide bonds. The first-order valence-corrected chi connectivity index (χ1v) is 3.87. The molecule has 0 spiro atoms. The van der Waals surface area contributed by atoms with Crippen molar-refractivity contribution >= 4 is 12.0 Å². The van der Waals surface area contributed by atoms with Crippen LogP contribution in [0.5, 0.6) is 5.75 Å². The van der Waals surface area contributed by atoms with Gasteiger partial charge in [0, 0.05) is 12.1 Å². The second-order valence-electron chi connectivity index (χ2n) is 2.60. The third-order valence-electron chi connectivity index (χ3n) is 1.52. The van der Waals surface area contributed by atoms with Crippen LogP contribution in [0.15, 0.2) is 24.3 Å². The maximum absolute atomic E-state index is 12.7. The molecule has 0 aromatic heterocycles. The van der Waals surface area contributed by atoms with E-state index in [9.17, 15) is 9.18 Å². The van der Waals surface area contributed by atoms with Crippen LogP contribution < -0.4 is 0 Å². The molecule has 0 fully saturated rings. The van der Waals surface area contributed by atoms with Gasteiger partial charge in [0.05, 0.1) is 7.11 Å². The maximum atomic E-state index is 12.7. The Morgan fingerprint density at radius 3 is 2.79 bits per heavy atom. The van der Waals surface area contributed by atoms with Crippen LogP contribution >= 0.6 is 0 Å². The minimum atomic E-state index is -0.561. The van der Waals surface area contributed by atoms with Crippen molar-refractivity contribution in [3.8, 4) is 5.75 Å². The number of methoxy groups -OCH3 is 1. The van der Waals surface area contributed by atoms with Crippen molar-refractivity contribution in [1.29, 1.82) is 0 Å². The number of halogens is 1. The maximum Gasteiger partial charge on any atom is 0.330 e. The van der Waals surface area contributed by atoms with E-state index in [4.69, 9.17) is 5.11 Å². The van der Waals surface area contributed by atoms with Crippen LogP contribution in [0, 0.1) is 5.82 Å². The molecule has 0 saturated heterocycles. The minimum Gasteiger partial charge on any atom is -0.508 e. The van der Waals surface area contributed by atoms with E-state index in [2.05, 4.69) is 4.74 Å². The van der Waals surface area contributed by atoms with E-state index in [0.29, 0.717) is 5.56 Å². The van der Waals surface area contributed by atoms with E-state index in [1.807, 2.05) is 0 Å². The van der Waals surface area contributed by atoms with Gasteiger partial charge < -0.3 is 9.84 Å². The van der Waals surface area contributed by atoms with E-state index in [1.54, 1.807) is 0 Å². The lowest BCUT2D eigenvalue weighted by Crippen LogP contribution is -1.93. The molecule has 1 aromatic carbocycles. The molecule has 0 unspecified atom stereocenters. The second kappa shape index (κ2) is 4.41. The molecule has 3 nitrogen and oxygen atoms in total. The lowest BCUT2D eigenvalue weighted by atomic mass is 10.2. The lowest BCUT2D eigenvalue weighted by molar-refractivity contribution is -0.134. The molecule has 1 aromatic rings. The highest BCUT2D eigenvalue weighted by Crippen LogP contribution is 2.15. The Morgan fingerprint density at radius 2 is 2.21 bits per heavy atom. The topological polar surface area (TPSA) is 46.5 Å². The molecule has 0 aliphatic heterocycles. The molecule has 0 heterocycles. The summed E-state index contributed by atoms with van der Waals surface area (Å²) in [5.74, 6) is -1.28. The summed E-state index contributed by atoms with van der Waals surface area (Å²) in [5, 5.41) is 9.03. The van der Waals surface area contributed by atoms with Gasteiger partial charge in [0.2, 0.25) is 0 Å². The van der Waals surface area contributed by atoms with Crippen LogP contribution in [-0.2, 0) is 9.53 Å². The van der Waals surface area contributed by atoms with Crippen LogP contribution in [0.3, 0.4) is 0 Å². The van der Waals surface area contributed by atoms with Crippen LogP contribution in [0.2, 0.25) is 0 Å². The van der Waals surface area contributed by atoms with E-state index in [-0.39, 0.29) is 5.75 Å². The molecular formula is C10H9FO3. The number of esters is 1. The van der Waals surface area contributed by atoms with E-state index in [0.717, 1.165) is 12.1 Å². The van der Waals surface area contributed by atoms with Gasteiger partial charge in [-0.25, -0.2) is 9.18 Å². The van der Waals surface area contributed by atoms with Gasteiger partial charge in [-0.15, -0.1) is 0 Å². The average molecular weight is 196 g/mol. The van der Waals surface area contributed by atoms with Crippen molar-refractivity contribution in [3.05, 3.63) is 35.7 Å². The zero-order valence-corrected chi connectivity index (χ0v) is 7.53. The van der Waals surface area contributed by atoms with Crippen molar-refractivity contribution < 1.29 is 19.0 Å². The summed E-state index contributed by atoms with van der Waals surface area (Å²) >= 11 is 0. The van der Waals surface area contributed by atoms with Crippen molar-refractivity contribution in [2.75, 3.05) is 7.11 Å². The fourth-order valence-electron chi connectivity index (χ4n) is 0.925. The summed E-state index contributed by atoms with van der Waals surface area (Å²) in [4.78, 5) is 10.7. The Labute approximate surface area is 80.4 Å². The largest absolute Gasteiger partial charge is 0.508 e. The van der Waals surface area contributed by atoms with Gasteiger partial charge in [0.25, 0.3) is 0 Å². The highest BCUT2D eigenvalue weighted by molar-refractivity contribution is 5.86. The first-order chi connectivity index (χ1) is 6.61. The number of ether oxygens (including phenoxy) is 1. The molecular weight excluding hydrogens is 187 g/mol. The zero-order chi connectivity index (χ0) is 10.6. The Kier molecular flexibility index (Phi) is 3.23. The van der Waals surface area contributed by atoms with Gasteiger partial charge in [-0.1, -0.05) is 0 Å². The number of phenolic OH excluding ortho intramolecular Hbond substituents is 1. The minimum absolute atomic E-state index is 0.186. The quantitative estimate of drug-likeness (QED) is 0.578. The number of benzene rings is 1. The first-order valence-electron chi connectivity index (χ1n) is 3.87. The van der Waals surface area contributed by atoms with Crippen LogP contribution in [0.4, 0.5) is 4.39 Å². The molecule has 1 rings (SSSR count). The van der Waals surface area contributed by atoms with Gasteiger partial charge in [-0.3, -0.25) is 0 Å². The van der Waals surface area contributed by atoms with Gasteiger partial charge in [0.15, 0.2) is 0 Å². The molecule has 0 aliphatic carbocycles. The SMILES string of the molecule is COC(=O)C=Cc1cc(O)cc(F)c1. The van der Waals surface area contributed by atoms with Gasteiger partial charge >= 0.3 is 5.97 Å². The molecule has 1 N–H and O–H groups in total. The second-order valence-corrected chi connectivity index (χ2v) is 2.60. The number of carbonyl (C=O) groups is 1. The normalized spacial score (nSPS) is 10.4. The van der Waals surface area contributed by atoms with E-state index < -0.39 is 11.8 Å². The third kappa shape index (κ3) is 2.90. The van der Waals surface area contributed by atoms with E-state index in [1.165, 1.54) is 25.3 Å². The van der Waals surface area contributed by atoms with Gasteiger partial charge in [-0.05, 0) is 23.8 Å². The standard InChI is InChI=1S/C10H9FO3/c1-14-10(13)3-2-7-4-8(11)6-9(12)5-7/h2-6,12H,1H3. The number of rotatable bonds is 2. The summed E-state index contributed by atoms with van der Waals surface area (Å²) in [6.07, 6.45) is 2.50. The van der Waals surface area contributed by atoms with Crippen LogP contribution in [0.1, 0.15) is 5.56 Å². The fraction of sp³-hybridized carbons (Fsp3) is 0.100. The molecule has 0 saturated carbocycles. The Morgan fingerprint density at radius 1 is 1.50 bits per heavy atom. The van der Waals surface area contributed by atoms with Crippen molar-refractivity contribution in [1.82, 2.24) is 0 Å². The predicted molar refractivity (Wildman–Crippen MR) is 49.1 cm³/mol. The van der Waals surface area contributed by atoms with Crippen LogP contribution in [0.25, 0.3) is 6.08 Å². The summed E-state index contributed by atoms with van der Waals surface area (Å²) in [6, 6.07) is 3.51. The lowest BCUT2D eigenvalue weighted by Gasteiger charge is -1.96. The zero-order valence-electron chi connectivity index (χ0n) is 7.53. The molecule has 0 atom stereocenters. The number of hydrogen-bond donors (Lipinski definition) is 1. The molecule has 0 bridgehead atoms. The Hall–Kier alpha value is -1.84. The van der Waals surface area contributed by atoms with Crippen LogP contribution in [-0.4, -0.2) is 18.2 Å². The average Bonchev–Trinajstić information content (AvgIpc) is 2.12. The van der Waals surface area contributed by atoms with Crippen molar-refractivity contribution in [3.63, 3.8) is 0 Å². The smallest absolute Gasteiger partial charge is 0.330 e. The number of aromatic hydroxyl groups is 1. The molecule has 4 heteroatoms. The first kappa shape index (κ1) is 10.2. The summed E-state index contributed by atoms with van der Waals surface area (Å²) < 4.78 is 17.1. The van der Waals surface area contributed by atoms with Crippen molar-refractivity contribution in [2.45, 2.75) is 0 Å². The Bertz CT molecular complexity index is 351. The summed E-state index contributed by atoms with van der Waals surface area (Å²) in [5.41, 5.74) is 0.396. The van der Waals surface area contributed by atoms with E-state index >= 15 is 0 Å². The van der Waals surface area contributed by atoms with Gasteiger partial charge in [0.1, 0.15) is 11.6 Å². The molecule has 0 aliphatic rings. The number of phenols is 1. The fourth-order valence-corrected chi connectivity index (χ4v) is 0.925. The number of hydrogen-bond acceptors (Lipinski definition) is 3. The molecule has 0 radical (unpaired) electrons. The van der Waals surface area contributed by atoms with Crippen molar-refractivity contribution in [2.24, 2.45) is 0 Å². The highest BCUT2D eigenvalue weighted by Gasteiger charge is 1.97. The highest BCUT2D eigenvalue weighted by atomic mass is 19.1. The third-order valence-corrected chi connectivity index (χ3v) is 1.52. The number of carbonyl (C=O) groups excluding carboxylic acids is 1. The molecule has 74 valence electrons. The van der Waals surface area contributed by atoms with Gasteiger partial charge in [-0.2, -0.15) is 0 Å². The molecule has 14 heavy (non-hydrogen) atoms. The summed E-state index contributed by atoms with van der Waals surface area (Å²) in [7, 11) is 1.25. The monoisotopic (exact) mass is 196 g/mol. The predicted octanol–water partition coefficient (Wildman–Crippen LogP) is 1.72. The summed E-state index contributed by atoms with van der Waals surface area (Å²) in [6.45, 7) is 0.